The summed E-state index contributed by atoms with van der Waals surface area (Å²) in [4.78, 5) is 0. The van der Waals surface area contributed by atoms with Gasteiger partial charge in [0.15, 0.2) is 0 Å². The molecule has 3 heteroatoms. The van der Waals surface area contributed by atoms with Crippen molar-refractivity contribution in [3.63, 3.8) is 0 Å². The van der Waals surface area contributed by atoms with Crippen LogP contribution in [-0.2, 0) is 0 Å². The van der Waals surface area contributed by atoms with Gasteiger partial charge in [-0.2, -0.15) is 11.8 Å². The van der Waals surface area contributed by atoms with Crippen LogP contribution < -0.4 is 5.32 Å². The van der Waals surface area contributed by atoms with Crippen LogP contribution >= 0.6 is 11.8 Å². The Morgan fingerprint density at radius 2 is 2.17 bits per heavy atom. The molecule has 0 heterocycles. The first kappa shape index (κ1) is 12.3. The molecule has 1 atom stereocenters. The number of aliphatic hydroxyl groups excluding tert-OH is 1. The molecule has 0 radical (unpaired) electrons. The smallest absolute Gasteiger partial charge is 0.0521 e. The van der Waals surface area contributed by atoms with Crippen LogP contribution in [0, 0.1) is 0 Å². The molecule has 1 unspecified atom stereocenters. The van der Waals surface area contributed by atoms with Crippen molar-refractivity contribution < 1.29 is 5.11 Å². The molecule has 0 amide bonds. The molecule has 74 valence electrons. The van der Waals surface area contributed by atoms with Gasteiger partial charge in [-0.3, -0.25) is 0 Å². The van der Waals surface area contributed by atoms with Crippen molar-refractivity contribution in [3.05, 3.63) is 0 Å². The first-order valence-electron chi connectivity index (χ1n) is 4.73. The molecule has 0 fully saturated rings. The highest BCUT2D eigenvalue weighted by atomic mass is 32.2. The normalized spacial score (nSPS) is 13.2. The second kappa shape index (κ2) is 9.36. The van der Waals surface area contributed by atoms with Crippen molar-refractivity contribution >= 4 is 11.8 Å². The monoisotopic (exact) mass is 191 g/mol. The Morgan fingerprint density at radius 3 is 2.75 bits per heavy atom. The van der Waals surface area contributed by atoms with Crippen molar-refractivity contribution in [2.24, 2.45) is 0 Å². The zero-order valence-electron chi connectivity index (χ0n) is 8.18. The highest BCUT2D eigenvalue weighted by Gasteiger charge is 1.98. The van der Waals surface area contributed by atoms with Crippen LogP contribution in [-0.4, -0.2) is 35.8 Å². The second-order valence-electron chi connectivity index (χ2n) is 2.98. The summed E-state index contributed by atoms with van der Waals surface area (Å²) in [5.41, 5.74) is 0. The van der Waals surface area contributed by atoms with Gasteiger partial charge in [0.1, 0.15) is 0 Å². The Bertz CT molecular complexity index is 90.6. The van der Waals surface area contributed by atoms with Crippen molar-refractivity contribution in [2.45, 2.75) is 32.7 Å². The number of hydrogen-bond donors (Lipinski definition) is 2. The largest absolute Gasteiger partial charge is 0.396 e. The summed E-state index contributed by atoms with van der Waals surface area (Å²) in [6.45, 7) is 5.82. The molecule has 0 bridgehead atoms. The maximum atomic E-state index is 8.54. The highest BCUT2D eigenvalue weighted by molar-refractivity contribution is 7.99. The number of nitrogens with one attached hydrogen (secondary N) is 1. The van der Waals surface area contributed by atoms with E-state index < -0.39 is 0 Å². The van der Waals surface area contributed by atoms with Crippen LogP contribution in [0.1, 0.15) is 26.7 Å². The van der Waals surface area contributed by atoms with Crippen LogP contribution in [0.2, 0.25) is 0 Å². The zero-order valence-corrected chi connectivity index (χ0v) is 8.99. The minimum atomic E-state index is 0.307. The quantitative estimate of drug-likeness (QED) is 0.570. The fourth-order valence-electron chi connectivity index (χ4n) is 0.920. The van der Waals surface area contributed by atoms with E-state index >= 15 is 0 Å². The molecule has 0 aliphatic carbocycles. The van der Waals surface area contributed by atoms with E-state index in [1.54, 1.807) is 0 Å². The molecule has 0 aromatic rings. The summed E-state index contributed by atoms with van der Waals surface area (Å²) in [5, 5.41) is 12.0. The molecular weight excluding hydrogens is 170 g/mol. The summed E-state index contributed by atoms with van der Waals surface area (Å²) >= 11 is 1.83. The highest BCUT2D eigenvalue weighted by Crippen LogP contribution is 2.03. The summed E-state index contributed by atoms with van der Waals surface area (Å²) < 4.78 is 0. The molecule has 0 saturated heterocycles. The Morgan fingerprint density at radius 1 is 1.42 bits per heavy atom. The molecule has 0 aromatic carbocycles. The molecule has 0 saturated carbocycles. The third-order valence-corrected chi connectivity index (χ3v) is 2.67. The molecule has 0 aliphatic heterocycles. The molecule has 0 aliphatic rings. The van der Waals surface area contributed by atoms with Crippen LogP contribution in [0.3, 0.4) is 0 Å². The molecular formula is C9H21NOS. The van der Waals surface area contributed by atoms with Crippen LogP contribution in [0.15, 0.2) is 0 Å². The number of aliphatic hydroxyl groups is 1. The van der Waals surface area contributed by atoms with E-state index in [4.69, 9.17) is 5.11 Å². The van der Waals surface area contributed by atoms with E-state index in [1.165, 1.54) is 12.8 Å². The van der Waals surface area contributed by atoms with Gasteiger partial charge >= 0.3 is 0 Å². The van der Waals surface area contributed by atoms with Crippen LogP contribution in [0.25, 0.3) is 0 Å². The van der Waals surface area contributed by atoms with Gasteiger partial charge in [0, 0.05) is 11.8 Å². The lowest BCUT2D eigenvalue weighted by Gasteiger charge is -2.11. The lowest BCUT2D eigenvalue weighted by atomic mass is 10.2. The number of thioether (sulfide) groups is 1. The lowest BCUT2D eigenvalue weighted by Crippen LogP contribution is -2.27. The molecule has 0 rings (SSSR count). The van der Waals surface area contributed by atoms with Gasteiger partial charge in [0.05, 0.1) is 6.61 Å². The molecule has 0 spiro atoms. The van der Waals surface area contributed by atoms with E-state index in [2.05, 4.69) is 19.2 Å². The van der Waals surface area contributed by atoms with Gasteiger partial charge < -0.3 is 10.4 Å². The van der Waals surface area contributed by atoms with Gasteiger partial charge in [0.2, 0.25) is 0 Å². The van der Waals surface area contributed by atoms with E-state index in [-0.39, 0.29) is 0 Å². The molecule has 0 aromatic heterocycles. The third-order valence-electron chi connectivity index (χ3n) is 1.67. The number of hydrogen-bond acceptors (Lipinski definition) is 3. The standard InChI is InChI=1S/C9H21NOS/c1-3-5-10-9(2)4-7-12-8-6-11/h9-11H,3-8H2,1-2H3. The van der Waals surface area contributed by atoms with E-state index in [0.29, 0.717) is 12.6 Å². The van der Waals surface area contributed by atoms with Crippen LogP contribution in [0.5, 0.6) is 0 Å². The zero-order chi connectivity index (χ0) is 9.23. The predicted molar refractivity (Wildman–Crippen MR) is 56.8 cm³/mol. The summed E-state index contributed by atoms with van der Waals surface area (Å²) in [7, 11) is 0. The summed E-state index contributed by atoms with van der Waals surface area (Å²) in [6, 6.07) is 0.621. The van der Waals surface area contributed by atoms with Gasteiger partial charge in [0.25, 0.3) is 0 Å². The van der Waals surface area contributed by atoms with Gasteiger partial charge in [-0.25, -0.2) is 0 Å². The van der Waals surface area contributed by atoms with Crippen molar-refractivity contribution in [2.75, 3.05) is 24.7 Å². The maximum Gasteiger partial charge on any atom is 0.0521 e. The van der Waals surface area contributed by atoms with Crippen molar-refractivity contribution in [1.29, 1.82) is 0 Å². The first-order chi connectivity index (χ1) is 5.81. The third kappa shape index (κ3) is 8.37. The Labute approximate surface area is 80.1 Å². The first-order valence-corrected chi connectivity index (χ1v) is 5.88. The second-order valence-corrected chi connectivity index (χ2v) is 4.20. The van der Waals surface area contributed by atoms with E-state index in [0.717, 1.165) is 18.1 Å². The van der Waals surface area contributed by atoms with E-state index in [9.17, 15) is 0 Å². The Hall–Kier alpha value is 0.270. The Balaban J connectivity index is 3.02. The van der Waals surface area contributed by atoms with Gasteiger partial charge in [-0.1, -0.05) is 6.92 Å². The van der Waals surface area contributed by atoms with Crippen molar-refractivity contribution in [3.8, 4) is 0 Å². The van der Waals surface area contributed by atoms with Crippen molar-refractivity contribution in [1.82, 2.24) is 5.32 Å². The summed E-state index contributed by atoms with van der Waals surface area (Å²) in [6.07, 6.45) is 2.40. The fraction of sp³-hybridized carbons (Fsp3) is 1.00. The van der Waals surface area contributed by atoms with Gasteiger partial charge in [-0.15, -0.1) is 0 Å². The summed E-state index contributed by atoms with van der Waals surface area (Å²) in [5.74, 6) is 2.03. The molecule has 2 N–H and O–H groups in total. The van der Waals surface area contributed by atoms with E-state index in [1.807, 2.05) is 11.8 Å². The minimum Gasteiger partial charge on any atom is -0.396 e. The Kier molecular flexibility index (Phi) is 9.57. The lowest BCUT2D eigenvalue weighted by molar-refractivity contribution is 0.322. The molecule has 12 heavy (non-hydrogen) atoms. The fourth-order valence-corrected chi connectivity index (χ4v) is 1.77. The SMILES string of the molecule is CCCNC(C)CCSCCO. The van der Waals surface area contributed by atoms with Gasteiger partial charge in [-0.05, 0) is 32.1 Å². The molecule has 2 nitrogen and oxygen atoms in total. The minimum absolute atomic E-state index is 0.307. The van der Waals surface area contributed by atoms with Crippen LogP contribution in [0.4, 0.5) is 0 Å². The average Bonchev–Trinajstić information content (AvgIpc) is 2.09. The topological polar surface area (TPSA) is 32.3 Å². The predicted octanol–water partition coefficient (Wildman–Crippen LogP) is 1.49. The maximum absolute atomic E-state index is 8.54. The average molecular weight is 191 g/mol. The number of rotatable bonds is 8.